The van der Waals surface area contributed by atoms with Gasteiger partial charge in [0.1, 0.15) is 24.7 Å². The summed E-state index contributed by atoms with van der Waals surface area (Å²) in [5, 5.41) is 2.66. The van der Waals surface area contributed by atoms with Gasteiger partial charge in [-0.15, -0.1) is 0 Å². The van der Waals surface area contributed by atoms with Crippen molar-refractivity contribution < 1.29 is 14.3 Å². The zero-order chi connectivity index (χ0) is 17.8. The van der Waals surface area contributed by atoms with Gasteiger partial charge < -0.3 is 9.47 Å². The highest BCUT2D eigenvalue weighted by Gasteiger charge is 2.08. The Hall–Kier alpha value is -2.52. The van der Waals surface area contributed by atoms with Crippen LogP contribution in [0.3, 0.4) is 0 Å². The Labute approximate surface area is 152 Å². The van der Waals surface area contributed by atoms with Gasteiger partial charge in [-0.2, -0.15) is 0 Å². The fraction of sp³-hybridized carbons (Fsp3) is 0.190. The molecule has 0 unspecified atom stereocenters. The number of aldehydes is 1. The van der Waals surface area contributed by atoms with Crippen LogP contribution in [0.1, 0.15) is 21.5 Å². The smallest absolute Gasteiger partial charge is 0.154 e. The molecule has 3 nitrogen and oxygen atoms in total. The Morgan fingerprint density at radius 2 is 1.64 bits per heavy atom. The second-order valence-electron chi connectivity index (χ2n) is 5.88. The summed E-state index contributed by atoms with van der Waals surface area (Å²) in [6.45, 7) is 4.62. The van der Waals surface area contributed by atoms with Gasteiger partial charge in [-0.3, -0.25) is 4.79 Å². The number of rotatable bonds is 6. The summed E-state index contributed by atoms with van der Waals surface area (Å²) in [6.07, 6.45) is 0.838. The fourth-order valence-electron chi connectivity index (χ4n) is 2.82. The van der Waals surface area contributed by atoms with Crippen molar-refractivity contribution in [2.75, 3.05) is 13.2 Å². The van der Waals surface area contributed by atoms with Gasteiger partial charge in [-0.05, 0) is 53.9 Å². The van der Waals surface area contributed by atoms with Crippen molar-refractivity contribution in [1.82, 2.24) is 0 Å². The minimum Gasteiger partial charge on any atom is -0.490 e. The Kier molecular flexibility index (Phi) is 5.25. The highest BCUT2D eigenvalue weighted by molar-refractivity contribution is 6.32. The van der Waals surface area contributed by atoms with E-state index in [0.717, 1.165) is 39.0 Å². The van der Waals surface area contributed by atoms with E-state index in [0.29, 0.717) is 24.5 Å². The average molecular weight is 355 g/mol. The molecule has 0 heterocycles. The third-order valence-corrected chi connectivity index (χ3v) is 4.66. The second kappa shape index (κ2) is 7.58. The van der Waals surface area contributed by atoms with Crippen LogP contribution in [0, 0.1) is 13.8 Å². The van der Waals surface area contributed by atoms with E-state index in [1.807, 2.05) is 62.4 Å². The van der Waals surface area contributed by atoms with Crippen LogP contribution in [-0.2, 0) is 0 Å². The lowest BCUT2D eigenvalue weighted by Crippen LogP contribution is -2.10. The number of aryl methyl sites for hydroxylation is 2. The van der Waals surface area contributed by atoms with E-state index < -0.39 is 0 Å². The van der Waals surface area contributed by atoms with E-state index in [1.54, 1.807) is 0 Å². The van der Waals surface area contributed by atoms with Gasteiger partial charge in [0.15, 0.2) is 6.29 Å². The van der Waals surface area contributed by atoms with Crippen LogP contribution < -0.4 is 9.47 Å². The Morgan fingerprint density at radius 1 is 0.960 bits per heavy atom. The van der Waals surface area contributed by atoms with Crippen molar-refractivity contribution in [1.29, 1.82) is 0 Å². The minimum absolute atomic E-state index is 0.347. The van der Waals surface area contributed by atoms with Gasteiger partial charge in [0, 0.05) is 5.02 Å². The third kappa shape index (κ3) is 3.77. The monoisotopic (exact) mass is 354 g/mol. The second-order valence-corrected chi connectivity index (χ2v) is 6.26. The zero-order valence-electron chi connectivity index (χ0n) is 14.2. The highest BCUT2D eigenvalue weighted by Crippen LogP contribution is 2.27. The number of ether oxygens (including phenoxy) is 2. The molecule has 3 aromatic carbocycles. The summed E-state index contributed by atoms with van der Waals surface area (Å²) in [7, 11) is 0. The lowest BCUT2D eigenvalue weighted by Gasteiger charge is -2.13. The molecule has 0 spiro atoms. The lowest BCUT2D eigenvalue weighted by molar-refractivity contribution is 0.112. The molecule has 4 heteroatoms. The SMILES string of the molecule is Cc1cc(OCCOc2ccc3ccccc3c2C=O)cc(C)c1Cl. The van der Waals surface area contributed by atoms with Crippen LogP contribution in [0.5, 0.6) is 11.5 Å². The van der Waals surface area contributed by atoms with Gasteiger partial charge in [0.25, 0.3) is 0 Å². The molecule has 3 aromatic rings. The van der Waals surface area contributed by atoms with Gasteiger partial charge >= 0.3 is 0 Å². The third-order valence-electron chi connectivity index (χ3n) is 4.07. The van der Waals surface area contributed by atoms with Gasteiger partial charge in [-0.25, -0.2) is 0 Å². The normalized spacial score (nSPS) is 10.7. The summed E-state index contributed by atoms with van der Waals surface area (Å²) < 4.78 is 11.5. The molecule has 0 fully saturated rings. The predicted molar refractivity (Wildman–Crippen MR) is 101 cm³/mol. The number of halogens is 1. The largest absolute Gasteiger partial charge is 0.490 e. The van der Waals surface area contributed by atoms with Crippen molar-refractivity contribution in [3.8, 4) is 11.5 Å². The van der Waals surface area contributed by atoms with E-state index in [4.69, 9.17) is 21.1 Å². The van der Waals surface area contributed by atoms with Crippen molar-refractivity contribution in [2.24, 2.45) is 0 Å². The van der Waals surface area contributed by atoms with Crippen LogP contribution >= 0.6 is 11.6 Å². The summed E-state index contributed by atoms with van der Waals surface area (Å²) in [6, 6.07) is 15.3. The first-order valence-corrected chi connectivity index (χ1v) is 8.47. The molecule has 0 atom stereocenters. The molecule has 128 valence electrons. The van der Waals surface area contributed by atoms with E-state index in [9.17, 15) is 4.79 Å². The molecule has 0 amide bonds. The maximum atomic E-state index is 11.5. The van der Waals surface area contributed by atoms with Crippen molar-refractivity contribution >= 4 is 28.7 Å². The first kappa shape index (κ1) is 17.3. The first-order valence-electron chi connectivity index (χ1n) is 8.09. The van der Waals surface area contributed by atoms with Crippen LogP contribution in [-0.4, -0.2) is 19.5 Å². The number of fused-ring (bicyclic) bond motifs is 1. The quantitative estimate of drug-likeness (QED) is 0.440. The first-order chi connectivity index (χ1) is 12.1. The maximum absolute atomic E-state index is 11.5. The molecular formula is C21H19ClO3. The molecule has 0 N–H and O–H groups in total. The average Bonchev–Trinajstić information content (AvgIpc) is 2.62. The molecule has 0 aliphatic rings. The highest BCUT2D eigenvalue weighted by atomic mass is 35.5. The van der Waals surface area contributed by atoms with E-state index in [-0.39, 0.29) is 0 Å². The lowest BCUT2D eigenvalue weighted by atomic mass is 10.0. The number of carbonyl (C=O) groups is 1. The Balaban J connectivity index is 1.66. The molecule has 0 aliphatic heterocycles. The van der Waals surface area contributed by atoms with Crippen molar-refractivity contribution in [3.05, 3.63) is 70.2 Å². The van der Waals surface area contributed by atoms with Crippen molar-refractivity contribution in [3.63, 3.8) is 0 Å². The van der Waals surface area contributed by atoms with E-state index in [2.05, 4.69) is 0 Å². The summed E-state index contributed by atoms with van der Waals surface area (Å²) >= 11 is 6.16. The van der Waals surface area contributed by atoms with E-state index >= 15 is 0 Å². The standard InChI is InChI=1S/C21H19ClO3/c1-14-11-17(12-15(2)21(14)22)24-9-10-25-20-8-7-16-5-3-4-6-18(16)19(20)13-23/h3-8,11-13H,9-10H2,1-2H3. The molecule has 0 bridgehead atoms. The molecular weight excluding hydrogens is 336 g/mol. The summed E-state index contributed by atoms with van der Waals surface area (Å²) in [5.41, 5.74) is 2.53. The number of benzene rings is 3. The number of hydrogen-bond acceptors (Lipinski definition) is 3. The predicted octanol–water partition coefficient (Wildman–Crippen LogP) is 5.38. The Bertz CT molecular complexity index is 895. The zero-order valence-corrected chi connectivity index (χ0v) is 15.0. The molecule has 0 aliphatic carbocycles. The number of carbonyl (C=O) groups excluding carboxylic acids is 1. The molecule has 0 radical (unpaired) electrons. The summed E-state index contributed by atoms with van der Waals surface area (Å²) in [4.78, 5) is 11.5. The molecule has 3 rings (SSSR count). The van der Waals surface area contributed by atoms with Gasteiger partial charge in [-0.1, -0.05) is 41.9 Å². The topological polar surface area (TPSA) is 35.5 Å². The van der Waals surface area contributed by atoms with Gasteiger partial charge in [0.05, 0.1) is 5.56 Å². The molecule has 0 saturated heterocycles. The molecule has 0 aromatic heterocycles. The minimum atomic E-state index is 0.347. The molecule has 25 heavy (non-hydrogen) atoms. The van der Waals surface area contributed by atoms with Gasteiger partial charge in [0.2, 0.25) is 0 Å². The van der Waals surface area contributed by atoms with Crippen molar-refractivity contribution in [2.45, 2.75) is 13.8 Å². The number of hydrogen-bond donors (Lipinski definition) is 0. The van der Waals surface area contributed by atoms with Crippen LogP contribution in [0.4, 0.5) is 0 Å². The maximum Gasteiger partial charge on any atom is 0.154 e. The van der Waals surface area contributed by atoms with E-state index in [1.165, 1.54) is 0 Å². The summed E-state index contributed by atoms with van der Waals surface area (Å²) in [5.74, 6) is 1.33. The van der Waals surface area contributed by atoms with Crippen LogP contribution in [0.2, 0.25) is 5.02 Å². The van der Waals surface area contributed by atoms with Crippen LogP contribution in [0.15, 0.2) is 48.5 Å². The molecule has 0 saturated carbocycles. The fourth-order valence-corrected chi connectivity index (χ4v) is 2.93. The Morgan fingerprint density at radius 3 is 2.36 bits per heavy atom. The van der Waals surface area contributed by atoms with Crippen LogP contribution in [0.25, 0.3) is 10.8 Å².